The number of hydrogen-bond acceptors (Lipinski definition) is 2. The van der Waals surface area contributed by atoms with Crippen molar-refractivity contribution in [3.63, 3.8) is 0 Å². The molecule has 0 bridgehead atoms. The molecule has 0 aromatic heterocycles. The highest BCUT2D eigenvalue weighted by Gasteiger charge is 2.27. The number of carbonyl (C=O) groups is 1. The van der Waals surface area contributed by atoms with Crippen LogP contribution < -0.4 is 0 Å². The Balaban J connectivity index is 3.96. The molecule has 0 aliphatic heterocycles. The second kappa shape index (κ2) is 3.94. The summed E-state index contributed by atoms with van der Waals surface area (Å²) in [5.74, 6) is -0.400. The second-order valence-corrected chi connectivity index (χ2v) is 2.85. The molecule has 0 amide bonds. The predicted molar refractivity (Wildman–Crippen MR) is 41.3 cm³/mol. The number of ketones is 1. The van der Waals surface area contributed by atoms with E-state index in [1.54, 1.807) is 0 Å². The fourth-order valence-electron chi connectivity index (χ4n) is 0.770. The highest BCUT2D eigenvalue weighted by Crippen LogP contribution is 2.13. The maximum Gasteiger partial charge on any atom is 0.178 e. The minimum atomic E-state index is -1.21. The SMILES string of the molecule is CCCC(C)(O)C(=O)CCl. The smallest absolute Gasteiger partial charge is 0.178 e. The molecule has 0 saturated carbocycles. The van der Waals surface area contributed by atoms with E-state index in [0.29, 0.717) is 6.42 Å². The number of Topliss-reactive ketones (excluding diaryl/α,β-unsaturated/α-hetero) is 1. The van der Waals surface area contributed by atoms with E-state index in [4.69, 9.17) is 11.6 Å². The summed E-state index contributed by atoms with van der Waals surface area (Å²) in [6, 6.07) is 0. The van der Waals surface area contributed by atoms with Crippen molar-refractivity contribution in [3.05, 3.63) is 0 Å². The molecule has 60 valence electrons. The largest absolute Gasteiger partial charge is 0.382 e. The third-order valence-corrected chi connectivity index (χ3v) is 1.70. The van der Waals surface area contributed by atoms with Crippen LogP contribution in [0.25, 0.3) is 0 Å². The molecule has 1 unspecified atom stereocenters. The predicted octanol–water partition coefficient (Wildman–Crippen LogP) is 1.35. The van der Waals surface area contributed by atoms with Crippen molar-refractivity contribution >= 4 is 17.4 Å². The van der Waals surface area contributed by atoms with Crippen molar-refractivity contribution in [2.75, 3.05) is 5.88 Å². The zero-order chi connectivity index (χ0) is 8.20. The number of rotatable bonds is 4. The normalized spacial score (nSPS) is 16.4. The van der Waals surface area contributed by atoms with E-state index in [-0.39, 0.29) is 11.7 Å². The quantitative estimate of drug-likeness (QED) is 0.637. The average molecular weight is 165 g/mol. The molecule has 0 spiro atoms. The molecule has 0 aliphatic carbocycles. The highest BCUT2D eigenvalue weighted by atomic mass is 35.5. The summed E-state index contributed by atoms with van der Waals surface area (Å²) < 4.78 is 0. The standard InChI is InChI=1S/C7H13ClO2/c1-3-4-7(2,10)6(9)5-8/h10H,3-5H2,1-2H3. The van der Waals surface area contributed by atoms with E-state index in [1.807, 2.05) is 6.92 Å². The van der Waals surface area contributed by atoms with Crippen LogP contribution >= 0.6 is 11.6 Å². The van der Waals surface area contributed by atoms with Gasteiger partial charge in [0.15, 0.2) is 5.78 Å². The fraction of sp³-hybridized carbons (Fsp3) is 0.857. The Bertz CT molecular complexity index is 121. The molecular formula is C7H13ClO2. The van der Waals surface area contributed by atoms with Crippen LogP contribution in [0.3, 0.4) is 0 Å². The van der Waals surface area contributed by atoms with Gasteiger partial charge in [0.25, 0.3) is 0 Å². The average Bonchev–Trinajstić information content (AvgIpc) is 1.86. The van der Waals surface area contributed by atoms with Gasteiger partial charge in [-0.2, -0.15) is 0 Å². The van der Waals surface area contributed by atoms with E-state index in [2.05, 4.69) is 0 Å². The summed E-state index contributed by atoms with van der Waals surface area (Å²) in [4.78, 5) is 10.8. The van der Waals surface area contributed by atoms with Gasteiger partial charge in [0.2, 0.25) is 0 Å². The summed E-state index contributed by atoms with van der Waals surface area (Å²) >= 11 is 5.26. The maximum atomic E-state index is 10.8. The van der Waals surface area contributed by atoms with Gasteiger partial charge in [-0.1, -0.05) is 13.3 Å². The van der Waals surface area contributed by atoms with Crippen molar-refractivity contribution in [2.45, 2.75) is 32.3 Å². The lowest BCUT2D eigenvalue weighted by molar-refractivity contribution is -0.133. The van der Waals surface area contributed by atoms with Crippen molar-refractivity contribution < 1.29 is 9.90 Å². The summed E-state index contributed by atoms with van der Waals surface area (Å²) in [5.41, 5.74) is -1.21. The van der Waals surface area contributed by atoms with Gasteiger partial charge in [-0.05, 0) is 13.3 Å². The van der Waals surface area contributed by atoms with Crippen molar-refractivity contribution in [1.82, 2.24) is 0 Å². The monoisotopic (exact) mass is 164 g/mol. The molecule has 2 nitrogen and oxygen atoms in total. The Morgan fingerprint density at radius 1 is 1.70 bits per heavy atom. The van der Waals surface area contributed by atoms with Gasteiger partial charge in [-0.3, -0.25) is 4.79 Å². The molecule has 0 aromatic carbocycles. The number of halogens is 1. The molecule has 10 heavy (non-hydrogen) atoms. The molecule has 1 N–H and O–H groups in total. The lowest BCUT2D eigenvalue weighted by Gasteiger charge is -2.18. The first-order valence-corrected chi connectivity index (χ1v) is 3.89. The number of aliphatic hydroxyl groups is 1. The van der Waals surface area contributed by atoms with Gasteiger partial charge in [0.1, 0.15) is 5.60 Å². The fourth-order valence-corrected chi connectivity index (χ4v) is 1.06. The van der Waals surface area contributed by atoms with Crippen LogP contribution in [-0.2, 0) is 4.79 Å². The van der Waals surface area contributed by atoms with Crippen LogP contribution in [0.4, 0.5) is 0 Å². The van der Waals surface area contributed by atoms with Crippen molar-refractivity contribution in [1.29, 1.82) is 0 Å². The molecule has 0 aromatic rings. The zero-order valence-corrected chi connectivity index (χ0v) is 7.11. The molecular weight excluding hydrogens is 152 g/mol. The van der Waals surface area contributed by atoms with Crippen LogP contribution in [0.5, 0.6) is 0 Å². The Kier molecular flexibility index (Phi) is 3.91. The van der Waals surface area contributed by atoms with Gasteiger partial charge in [-0.25, -0.2) is 0 Å². The molecule has 1 atom stereocenters. The summed E-state index contributed by atoms with van der Waals surface area (Å²) in [5, 5.41) is 9.35. The van der Waals surface area contributed by atoms with Crippen LogP contribution in [0.1, 0.15) is 26.7 Å². The summed E-state index contributed by atoms with van der Waals surface area (Å²) in [6.45, 7) is 3.41. The second-order valence-electron chi connectivity index (χ2n) is 2.58. The summed E-state index contributed by atoms with van der Waals surface area (Å²) in [6.07, 6.45) is 1.27. The van der Waals surface area contributed by atoms with Crippen LogP contribution in [0.15, 0.2) is 0 Å². The maximum absolute atomic E-state index is 10.8. The van der Waals surface area contributed by atoms with Gasteiger partial charge >= 0.3 is 0 Å². The lowest BCUT2D eigenvalue weighted by Crippen LogP contribution is -2.35. The highest BCUT2D eigenvalue weighted by molar-refractivity contribution is 6.28. The van der Waals surface area contributed by atoms with Crippen LogP contribution in [-0.4, -0.2) is 22.4 Å². The molecule has 0 fully saturated rings. The first-order valence-electron chi connectivity index (χ1n) is 3.36. The first-order chi connectivity index (χ1) is 4.54. The molecule has 0 heterocycles. The van der Waals surface area contributed by atoms with Gasteiger partial charge < -0.3 is 5.11 Å². The van der Waals surface area contributed by atoms with Gasteiger partial charge in [0.05, 0.1) is 5.88 Å². The van der Waals surface area contributed by atoms with E-state index >= 15 is 0 Å². The third kappa shape index (κ3) is 2.67. The Hall–Kier alpha value is -0.0800. The minimum absolute atomic E-state index is 0.104. The van der Waals surface area contributed by atoms with E-state index in [0.717, 1.165) is 6.42 Å². The van der Waals surface area contributed by atoms with E-state index in [1.165, 1.54) is 6.92 Å². The Morgan fingerprint density at radius 3 is 2.50 bits per heavy atom. The Labute approximate surface area is 66.2 Å². The summed E-state index contributed by atoms with van der Waals surface area (Å²) in [7, 11) is 0. The number of alkyl halides is 1. The van der Waals surface area contributed by atoms with Crippen LogP contribution in [0, 0.1) is 0 Å². The van der Waals surface area contributed by atoms with Gasteiger partial charge in [0, 0.05) is 0 Å². The van der Waals surface area contributed by atoms with E-state index < -0.39 is 5.60 Å². The number of carbonyl (C=O) groups excluding carboxylic acids is 1. The number of hydrogen-bond donors (Lipinski definition) is 1. The van der Waals surface area contributed by atoms with Crippen molar-refractivity contribution in [2.24, 2.45) is 0 Å². The molecule has 0 aliphatic rings. The third-order valence-electron chi connectivity index (χ3n) is 1.46. The molecule has 0 radical (unpaired) electrons. The molecule has 0 rings (SSSR count). The van der Waals surface area contributed by atoms with Crippen LogP contribution in [0.2, 0.25) is 0 Å². The lowest BCUT2D eigenvalue weighted by atomic mass is 9.96. The Morgan fingerprint density at radius 2 is 2.20 bits per heavy atom. The topological polar surface area (TPSA) is 37.3 Å². The minimum Gasteiger partial charge on any atom is -0.382 e. The zero-order valence-electron chi connectivity index (χ0n) is 6.35. The van der Waals surface area contributed by atoms with Gasteiger partial charge in [-0.15, -0.1) is 11.6 Å². The molecule has 3 heteroatoms. The first kappa shape index (κ1) is 9.92. The molecule has 0 saturated heterocycles. The van der Waals surface area contributed by atoms with E-state index in [9.17, 15) is 9.90 Å². The van der Waals surface area contributed by atoms with Crippen molar-refractivity contribution in [3.8, 4) is 0 Å².